The number of carboxylic acids is 1. The molecular formula is C18H27NO4S. The van der Waals surface area contributed by atoms with Crippen LogP contribution >= 0.6 is 0 Å². The van der Waals surface area contributed by atoms with Gasteiger partial charge < -0.3 is 5.11 Å². The van der Waals surface area contributed by atoms with Crippen molar-refractivity contribution in [1.29, 1.82) is 0 Å². The second-order valence-corrected chi connectivity index (χ2v) is 9.11. The lowest BCUT2D eigenvalue weighted by Crippen LogP contribution is -2.62. The first-order chi connectivity index (χ1) is 11.1. The van der Waals surface area contributed by atoms with Crippen LogP contribution in [0, 0.1) is 24.7 Å². The van der Waals surface area contributed by atoms with Crippen molar-refractivity contribution in [3.63, 3.8) is 0 Å². The summed E-state index contributed by atoms with van der Waals surface area (Å²) in [6.07, 6.45) is 1.95. The van der Waals surface area contributed by atoms with Crippen LogP contribution in [0.15, 0.2) is 29.2 Å². The summed E-state index contributed by atoms with van der Waals surface area (Å²) in [6, 6.07) is 6.46. The van der Waals surface area contributed by atoms with Crippen molar-refractivity contribution in [2.45, 2.75) is 57.4 Å². The normalized spacial score (nSPS) is 28.0. The van der Waals surface area contributed by atoms with Gasteiger partial charge in [0, 0.05) is 0 Å². The zero-order valence-corrected chi connectivity index (χ0v) is 15.6. The summed E-state index contributed by atoms with van der Waals surface area (Å²) >= 11 is 0. The van der Waals surface area contributed by atoms with E-state index in [1.165, 1.54) is 12.1 Å². The highest BCUT2D eigenvalue weighted by molar-refractivity contribution is 7.89. The van der Waals surface area contributed by atoms with Crippen LogP contribution in [0.1, 0.15) is 45.6 Å². The van der Waals surface area contributed by atoms with Gasteiger partial charge in [0.15, 0.2) is 0 Å². The SMILES string of the molecule is Cc1ccc(S(=O)(=O)N[C@@]2(C(=O)O)C[C@H](C)CC[C@H]2C(C)C)cc1. The molecule has 5 nitrogen and oxygen atoms in total. The molecule has 0 radical (unpaired) electrons. The van der Waals surface area contributed by atoms with Crippen LogP contribution in [0.2, 0.25) is 0 Å². The number of hydrogen-bond donors (Lipinski definition) is 2. The lowest BCUT2D eigenvalue weighted by molar-refractivity contribution is -0.150. The molecule has 1 aromatic rings. The summed E-state index contributed by atoms with van der Waals surface area (Å²) in [5.41, 5.74) is -0.497. The molecule has 1 aromatic carbocycles. The zero-order valence-electron chi connectivity index (χ0n) is 14.7. The van der Waals surface area contributed by atoms with E-state index in [0.29, 0.717) is 12.8 Å². The molecule has 1 saturated carbocycles. The van der Waals surface area contributed by atoms with Gasteiger partial charge in [0.1, 0.15) is 5.54 Å². The number of hydrogen-bond acceptors (Lipinski definition) is 3. The van der Waals surface area contributed by atoms with E-state index in [1.54, 1.807) is 12.1 Å². The summed E-state index contributed by atoms with van der Waals surface area (Å²) in [5, 5.41) is 9.95. The van der Waals surface area contributed by atoms with E-state index in [-0.39, 0.29) is 22.6 Å². The van der Waals surface area contributed by atoms with Crippen LogP contribution in [0.4, 0.5) is 0 Å². The van der Waals surface area contributed by atoms with E-state index in [4.69, 9.17) is 0 Å². The van der Waals surface area contributed by atoms with Crippen LogP contribution in [0.25, 0.3) is 0 Å². The summed E-state index contributed by atoms with van der Waals surface area (Å²) in [7, 11) is -3.90. The average molecular weight is 353 g/mol. The molecule has 0 saturated heterocycles. The minimum absolute atomic E-state index is 0.0781. The quantitative estimate of drug-likeness (QED) is 0.851. The molecule has 2 rings (SSSR count). The molecule has 0 bridgehead atoms. The Bertz CT molecular complexity index is 696. The lowest BCUT2D eigenvalue weighted by Gasteiger charge is -2.45. The van der Waals surface area contributed by atoms with Gasteiger partial charge in [-0.3, -0.25) is 4.79 Å². The van der Waals surface area contributed by atoms with Gasteiger partial charge in [-0.15, -0.1) is 0 Å². The third-order valence-corrected chi connectivity index (χ3v) is 6.63. The van der Waals surface area contributed by atoms with Gasteiger partial charge in [-0.25, -0.2) is 8.42 Å². The Morgan fingerprint density at radius 2 is 1.83 bits per heavy atom. The van der Waals surface area contributed by atoms with E-state index < -0.39 is 21.5 Å². The molecule has 0 aliphatic heterocycles. The number of carboxylic acid groups (broad SMARTS) is 1. The third kappa shape index (κ3) is 3.64. The van der Waals surface area contributed by atoms with Crippen molar-refractivity contribution < 1.29 is 18.3 Å². The first-order valence-electron chi connectivity index (χ1n) is 8.42. The van der Waals surface area contributed by atoms with E-state index in [9.17, 15) is 18.3 Å². The van der Waals surface area contributed by atoms with Gasteiger partial charge in [0.2, 0.25) is 10.0 Å². The van der Waals surface area contributed by atoms with Crippen molar-refractivity contribution >= 4 is 16.0 Å². The maximum atomic E-state index is 12.8. The van der Waals surface area contributed by atoms with Gasteiger partial charge in [0.05, 0.1) is 4.90 Å². The van der Waals surface area contributed by atoms with Crippen LogP contribution in [-0.2, 0) is 14.8 Å². The smallest absolute Gasteiger partial charge is 0.325 e. The molecule has 0 unspecified atom stereocenters. The topological polar surface area (TPSA) is 83.5 Å². The number of nitrogens with one attached hydrogen (secondary N) is 1. The Kier molecular flexibility index (Phi) is 5.40. The van der Waals surface area contributed by atoms with Crippen LogP contribution in [-0.4, -0.2) is 25.0 Å². The van der Waals surface area contributed by atoms with Gasteiger partial charge in [-0.1, -0.05) is 44.9 Å². The predicted molar refractivity (Wildman–Crippen MR) is 93.2 cm³/mol. The van der Waals surface area contributed by atoms with Crippen molar-refractivity contribution in [1.82, 2.24) is 4.72 Å². The fourth-order valence-electron chi connectivity index (χ4n) is 3.84. The number of aliphatic carboxylic acids is 1. The van der Waals surface area contributed by atoms with Crippen molar-refractivity contribution in [3.05, 3.63) is 29.8 Å². The summed E-state index contributed by atoms with van der Waals surface area (Å²) in [4.78, 5) is 12.3. The van der Waals surface area contributed by atoms with Crippen molar-refractivity contribution in [3.8, 4) is 0 Å². The van der Waals surface area contributed by atoms with Gasteiger partial charge in [-0.2, -0.15) is 4.72 Å². The van der Waals surface area contributed by atoms with Gasteiger partial charge in [-0.05, 0) is 49.7 Å². The number of carbonyl (C=O) groups is 1. The summed E-state index contributed by atoms with van der Waals surface area (Å²) in [5.74, 6) is -1.07. The highest BCUT2D eigenvalue weighted by Gasteiger charge is 2.52. The van der Waals surface area contributed by atoms with Crippen molar-refractivity contribution in [2.75, 3.05) is 0 Å². The average Bonchev–Trinajstić information content (AvgIpc) is 2.46. The number of benzene rings is 1. The zero-order chi connectivity index (χ0) is 18.1. The first kappa shape index (κ1) is 18.9. The predicted octanol–water partition coefficient (Wildman–Crippen LogP) is 3.19. The molecule has 0 heterocycles. The molecule has 2 N–H and O–H groups in total. The maximum Gasteiger partial charge on any atom is 0.325 e. The minimum Gasteiger partial charge on any atom is -0.480 e. The van der Waals surface area contributed by atoms with E-state index in [2.05, 4.69) is 4.72 Å². The van der Waals surface area contributed by atoms with Gasteiger partial charge >= 0.3 is 5.97 Å². The van der Waals surface area contributed by atoms with Crippen LogP contribution in [0.3, 0.4) is 0 Å². The Morgan fingerprint density at radius 1 is 1.25 bits per heavy atom. The molecule has 6 heteroatoms. The molecule has 24 heavy (non-hydrogen) atoms. The van der Waals surface area contributed by atoms with Gasteiger partial charge in [0.25, 0.3) is 0 Å². The van der Waals surface area contributed by atoms with E-state index >= 15 is 0 Å². The number of aryl methyl sites for hydroxylation is 1. The molecule has 0 amide bonds. The van der Waals surface area contributed by atoms with E-state index in [0.717, 1.165) is 12.0 Å². The lowest BCUT2D eigenvalue weighted by atomic mass is 9.65. The number of sulfonamides is 1. The molecule has 134 valence electrons. The molecule has 1 fully saturated rings. The highest BCUT2D eigenvalue weighted by atomic mass is 32.2. The van der Waals surface area contributed by atoms with Crippen molar-refractivity contribution in [2.24, 2.45) is 17.8 Å². The highest BCUT2D eigenvalue weighted by Crippen LogP contribution is 2.42. The molecule has 0 spiro atoms. The first-order valence-corrected chi connectivity index (χ1v) is 9.91. The fourth-order valence-corrected chi connectivity index (χ4v) is 5.25. The van der Waals surface area contributed by atoms with E-state index in [1.807, 2.05) is 27.7 Å². The summed E-state index contributed by atoms with van der Waals surface area (Å²) < 4.78 is 28.2. The molecular weight excluding hydrogens is 326 g/mol. The summed E-state index contributed by atoms with van der Waals surface area (Å²) in [6.45, 7) is 7.77. The largest absolute Gasteiger partial charge is 0.480 e. The Hall–Kier alpha value is -1.40. The second-order valence-electron chi connectivity index (χ2n) is 7.43. The Morgan fingerprint density at radius 3 is 2.33 bits per heavy atom. The number of rotatable bonds is 5. The second kappa shape index (κ2) is 6.84. The van der Waals surface area contributed by atoms with Crippen LogP contribution in [0.5, 0.6) is 0 Å². The molecule has 3 atom stereocenters. The molecule has 1 aliphatic rings. The fraction of sp³-hybridized carbons (Fsp3) is 0.611. The Labute approximate surface area is 144 Å². The molecule has 1 aliphatic carbocycles. The third-order valence-electron chi connectivity index (χ3n) is 5.11. The monoisotopic (exact) mass is 353 g/mol. The maximum absolute atomic E-state index is 12.8. The Balaban J connectivity index is 2.45. The molecule has 0 aromatic heterocycles. The minimum atomic E-state index is -3.90. The standard InChI is InChI=1S/C18H27NO4S/c1-12(2)16-10-7-14(4)11-18(16,17(20)21)19-24(22,23)15-8-5-13(3)6-9-15/h5-6,8-9,12,14,16,19H,7,10-11H2,1-4H3,(H,20,21)/t14-,16+,18+/m1/s1. The van der Waals surface area contributed by atoms with Crippen LogP contribution < -0.4 is 4.72 Å².